The summed E-state index contributed by atoms with van der Waals surface area (Å²) in [6, 6.07) is -2.77. The molecule has 0 heterocycles. The van der Waals surface area contributed by atoms with Crippen LogP contribution in [0.1, 0.15) is 26.7 Å². The SMILES string of the molecule is CCC(C)C(NC(=O)CNC(=O)C(N)CS)C(=O)NC(CCSC)C(=O)O. The molecule has 0 radical (unpaired) electrons. The first-order chi connectivity index (χ1) is 12.7. The third-order valence-corrected chi connectivity index (χ3v) is 5.03. The van der Waals surface area contributed by atoms with E-state index in [-0.39, 0.29) is 24.6 Å². The Labute approximate surface area is 169 Å². The van der Waals surface area contributed by atoms with Crippen LogP contribution in [0.4, 0.5) is 0 Å². The monoisotopic (exact) mass is 422 g/mol. The second kappa shape index (κ2) is 13.7. The largest absolute Gasteiger partial charge is 0.480 e. The molecule has 0 bridgehead atoms. The van der Waals surface area contributed by atoms with Crippen molar-refractivity contribution in [3.63, 3.8) is 0 Å². The van der Waals surface area contributed by atoms with E-state index in [1.165, 1.54) is 11.8 Å². The quantitative estimate of drug-likeness (QED) is 0.213. The number of carbonyl (C=O) groups is 4. The second-order valence-corrected chi connectivity index (χ2v) is 7.47. The van der Waals surface area contributed by atoms with E-state index in [0.717, 1.165) is 0 Å². The van der Waals surface area contributed by atoms with Gasteiger partial charge in [0.05, 0.1) is 12.6 Å². The minimum Gasteiger partial charge on any atom is -0.480 e. The van der Waals surface area contributed by atoms with Crippen molar-refractivity contribution in [2.24, 2.45) is 11.7 Å². The molecular weight excluding hydrogens is 392 g/mol. The average molecular weight is 423 g/mol. The molecule has 4 atom stereocenters. The first-order valence-corrected chi connectivity index (χ1v) is 10.7. The van der Waals surface area contributed by atoms with E-state index in [9.17, 15) is 24.3 Å². The Kier molecular flexibility index (Phi) is 12.9. The van der Waals surface area contributed by atoms with Crippen LogP contribution in [0.15, 0.2) is 0 Å². The number of rotatable bonds is 13. The van der Waals surface area contributed by atoms with Gasteiger partial charge in [-0.25, -0.2) is 4.79 Å². The van der Waals surface area contributed by atoms with Gasteiger partial charge in [-0.1, -0.05) is 20.3 Å². The molecule has 0 saturated heterocycles. The summed E-state index contributed by atoms with van der Waals surface area (Å²) in [5.74, 6) is -2.28. The Morgan fingerprint density at radius 3 is 2.30 bits per heavy atom. The third-order valence-electron chi connectivity index (χ3n) is 3.99. The molecule has 156 valence electrons. The number of carboxylic acid groups (broad SMARTS) is 1. The molecule has 0 aliphatic rings. The molecule has 27 heavy (non-hydrogen) atoms. The van der Waals surface area contributed by atoms with Crippen LogP contribution in [0.2, 0.25) is 0 Å². The van der Waals surface area contributed by atoms with Gasteiger partial charge in [-0.3, -0.25) is 14.4 Å². The molecule has 0 aromatic heterocycles. The molecule has 0 aliphatic heterocycles. The van der Waals surface area contributed by atoms with E-state index in [1.807, 2.05) is 13.2 Å². The number of hydrogen-bond donors (Lipinski definition) is 6. The van der Waals surface area contributed by atoms with Crippen molar-refractivity contribution in [2.45, 2.75) is 44.8 Å². The lowest BCUT2D eigenvalue weighted by atomic mass is 9.97. The summed E-state index contributed by atoms with van der Waals surface area (Å²) in [4.78, 5) is 47.6. The molecule has 0 aliphatic carbocycles. The maximum atomic E-state index is 12.5. The number of nitrogens with one attached hydrogen (secondary N) is 3. The number of aliphatic carboxylic acids is 1. The van der Waals surface area contributed by atoms with Gasteiger partial charge >= 0.3 is 5.97 Å². The highest BCUT2D eigenvalue weighted by Gasteiger charge is 2.29. The minimum absolute atomic E-state index is 0.137. The van der Waals surface area contributed by atoms with Crippen LogP contribution < -0.4 is 21.7 Å². The van der Waals surface area contributed by atoms with Crippen molar-refractivity contribution in [3.8, 4) is 0 Å². The van der Waals surface area contributed by atoms with Crippen LogP contribution >= 0.6 is 24.4 Å². The lowest BCUT2D eigenvalue weighted by molar-refractivity contribution is -0.142. The molecule has 0 fully saturated rings. The van der Waals surface area contributed by atoms with Crippen molar-refractivity contribution in [1.82, 2.24) is 16.0 Å². The molecule has 0 aromatic rings. The molecule has 11 heteroatoms. The van der Waals surface area contributed by atoms with E-state index < -0.39 is 41.8 Å². The summed E-state index contributed by atoms with van der Waals surface area (Å²) in [5, 5.41) is 16.7. The lowest BCUT2D eigenvalue weighted by Crippen LogP contribution is -2.56. The normalized spacial score (nSPS) is 15.1. The Balaban J connectivity index is 4.90. The van der Waals surface area contributed by atoms with Crippen molar-refractivity contribution < 1.29 is 24.3 Å². The molecule has 3 amide bonds. The molecule has 4 unspecified atom stereocenters. The van der Waals surface area contributed by atoms with Gasteiger partial charge in [0.1, 0.15) is 12.1 Å². The molecule has 9 nitrogen and oxygen atoms in total. The molecule has 0 rings (SSSR count). The zero-order chi connectivity index (χ0) is 21.0. The number of thioether (sulfide) groups is 1. The fourth-order valence-corrected chi connectivity index (χ4v) is 2.70. The van der Waals surface area contributed by atoms with Gasteiger partial charge in [-0.05, 0) is 24.3 Å². The van der Waals surface area contributed by atoms with E-state index in [1.54, 1.807) is 6.92 Å². The number of nitrogens with two attached hydrogens (primary N) is 1. The Bertz CT molecular complexity index is 521. The molecule has 0 saturated carbocycles. The van der Waals surface area contributed by atoms with Gasteiger partial charge in [0.2, 0.25) is 17.7 Å². The van der Waals surface area contributed by atoms with Crippen molar-refractivity contribution in [1.29, 1.82) is 0 Å². The summed E-state index contributed by atoms with van der Waals surface area (Å²) >= 11 is 5.38. The van der Waals surface area contributed by atoms with Gasteiger partial charge in [-0.15, -0.1) is 0 Å². The van der Waals surface area contributed by atoms with Gasteiger partial charge in [0.15, 0.2) is 0 Å². The van der Waals surface area contributed by atoms with Crippen LogP contribution in [0.3, 0.4) is 0 Å². The maximum Gasteiger partial charge on any atom is 0.326 e. The van der Waals surface area contributed by atoms with Crippen molar-refractivity contribution in [3.05, 3.63) is 0 Å². The molecule has 0 spiro atoms. The maximum absolute atomic E-state index is 12.5. The molecular formula is C16H30N4O5S2. The van der Waals surface area contributed by atoms with Gasteiger partial charge in [0, 0.05) is 5.75 Å². The molecule has 6 N–H and O–H groups in total. The highest BCUT2D eigenvalue weighted by atomic mass is 32.2. The summed E-state index contributed by atoms with van der Waals surface area (Å²) in [6.45, 7) is 3.29. The van der Waals surface area contributed by atoms with E-state index in [4.69, 9.17) is 5.73 Å². The fourth-order valence-electron chi connectivity index (χ4n) is 2.06. The van der Waals surface area contributed by atoms with Crippen LogP contribution in [-0.2, 0) is 19.2 Å². The fraction of sp³-hybridized carbons (Fsp3) is 0.750. The smallest absolute Gasteiger partial charge is 0.326 e. The van der Waals surface area contributed by atoms with Crippen LogP contribution in [0.5, 0.6) is 0 Å². The Hall–Kier alpha value is -1.46. The summed E-state index contributed by atoms with van der Waals surface area (Å²) in [7, 11) is 0. The third kappa shape index (κ3) is 9.87. The second-order valence-electron chi connectivity index (χ2n) is 6.12. The van der Waals surface area contributed by atoms with Crippen LogP contribution in [0, 0.1) is 5.92 Å². The van der Waals surface area contributed by atoms with Crippen LogP contribution in [0.25, 0.3) is 0 Å². The van der Waals surface area contributed by atoms with Gasteiger partial charge < -0.3 is 26.8 Å². The number of amides is 3. The van der Waals surface area contributed by atoms with Gasteiger partial charge in [-0.2, -0.15) is 24.4 Å². The number of hydrogen-bond acceptors (Lipinski definition) is 7. The Morgan fingerprint density at radius 1 is 1.19 bits per heavy atom. The number of carbonyl (C=O) groups excluding carboxylic acids is 3. The first kappa shape index (κ1) is 25.5. The van der Waals surface area contributed by atoms with Crippen LogP contribution in [-0.4, -0.2) is 71.2 Å². The van der Waals surface area contributed by atoms with Crippen molar-refractivity contribution >= 4 is 48.1 Å². The predicted octanol–water partition coefficient (Wildman–Crippen LogP) is -0.787. The average Bonchev–Trinajstić information content (AvgIpc) is 2.65. The number of carboxylic acids is 1. The lowest BCUT2D eigenvalue weighted by Gasteiger charge is -2.25. The standard InChI is InChI=1S/C16H30N4O5S2/c1-4-9(2)13(15(23)19-11(16(24)25)5-6-27-3)20-12(21)7-18-14(22)10(17)8-26/h9-11,13,26H,4-8,17H2,1-3H3,(H,18,22)(H,19,23)(H,20,21)(H,24,25). The van der Waals surface area contributed by atoms with E-state index >= 15 is 0 Å². The first-order valence-electron chi connectivity index (χ1n) is 8.63. The molecule has 0 aromatic carbocycles. The zero-order valence-corrected chi connectivity index (χ0v) is 17.6. The number of thiol groups is 1. The van der Waals surface area contributed by atoms with E-state index in [0.29, 0.717) is 12.2 Å². The summed E-state index contributed by atoms with van der Waals surface area (Å²) < 4.78 is 0. The highest BCUT2D eigenvalue weighted by molar-refractivity contribution is 7.98. The summed E-state index contributed by atoms with van der Waals surface area (Å²) in [6.07, 6.45) is 2.72. The summed E-state index contributed by atoms with van der Waals surface area (Å²) in [5.41, 5.74) is 5.50. The predicted molar refractivity (Wildman–Crippen MR) is 109 cm³/mol. The topological polar surface area (TPSA) is 151 Å². The Morgan fingerprint density at radius 2 is 1.81 bits per heavy atom. The van der Waals surface area contributed by atoms with Crippen molar-refractivity contribution in [2.75, 3.05) is 24.3 Å². The van der Waals surface area contributed by atoms with Gasteiger partial charge in [0.25, 0.3) is 0 Å². The van der Waals surface area contributed by atoms with E-state index in [2.05, 4.69) is 28.6 Å². The zero-order valence-electron chi connectivity index (χ0n) is 15.9. The minimum atomic E-state index is -1.13. The highest BCUT2D eigenvalue weighted by Crippen LogP contribution is 2.09.